The molecule has 0 N–H and O–H groups in total. The second kappa shape index (κ2) is 7.83. The molecule has 1 saturated carbocycles. The van der Waals surface area contributed by atoms with Gasteiger partial charge in [0.25, 0.3) is 0 Å². The highest BCUT2D eigenvalue weighted by atomic mass is 19.1. The first kappa shape index (κ1) is 18.8. The topological polar surface area (TPSA) is 0 Å². The van der Waals surface area contributed by atoms with Crippen LogP contribution in [-0.2, 0) is 0 Å². The van der Waals surface area contributed by atoms with Crippen molar-refractivity contribution < 1.29 is 13.2 Å². The Balaban J connectivity index is 1.60. The molecule has 0 bridgehead atoms. The molecule has 0 atom stereocenters. The summed E-state index contributed by atoms with van der Waals surface area (Å²) in [6.07, 6.45) is 4.92. The van der Waals surface area contributed by atoms with Crippen molar-refractivity contribution >= 4 is 0 Å². The van der Waals surface area contributed by atoms with E-state index in [2.05, 4.69) is 19.1 Å². The van der Waals surface area contributed by atoms with Gasteiger partial charge in [0.1, 0.15) is 17.5 Å². The molecule has 1 aliphatic rings. The summed E-state index contributed by atoms with van der Waals surface area (Å²) in [6, 6.07) is 15.9. The lowest BCUT2D eigenvalue weighted by Crippen LogP contribution is -2.10. The minimum atomic E-state index is -0.646. The van der Waals surface area contributed by atoms with Crippen molar-refractivity contribution in [2.24, 2.45) is 5.92 Å². The average Bonchev–Trinajstić information content (AvgIpc) is 2.70. The Morgan fingerprint density at radius 3 is 1.75 bits per heavy atom. The Bertz CT molecular complexity index is 927. The predicted octanol–water partition coefficient (Wildman–Crippen LogP) is 7.73. The first-order valence-electron chi connectivity index (χ1n) is 9.86. The number of rotatable bonds is 3. The van der Waals surface area contributed by atoms with Gasteiger partial charge in [0, 0.05) is 0 Å². The predicted molar refractivity (Wildman–Crippen MR) is 108 cm³/mol. The fourth-order valence-electron chi connectivity index (χ4n) is 4.17. The summed E-state index contributed by atoms with van der Waals surface area (Å²) < 4.78 is 42.4. The van der Waals surface area contributed by atoms with E-state index in [1.807, 2.05) is 12.1 Å². The zero-order valence-electron chi connectivity index (χ0n) is 15.9. The molecule has 0 heterocycles. The van der Waals surface area contributed by atoms with Crippen molar-refractivity contribution in [3.8, 4) is 22.3 Å². The van der Waals surface area contributed by atoms with Crippen molar-refractivity contribution in [2.45, 2.75) is 38.5 Å². The first-order valence-corrected chi connectivity index (χ1v) is 9.86. The summed E-state index contributed by atoms with van der Waals surface area (Å²) in [5.74, 6) is -0.340. The lowest BCUT2D eigenvalue weighted by Gasteiger charge is -2.26. The van der Waals surface area contributed by atoms with Gasteiger partial charge in [-0.2, -0.15) is 0 Å². The third-order valence-corrected chi connectivity index (χ3v) is 5.91. The molecule has 3 heteroatoms. The fourth-order valence-corrected chi connectivity index (χ4v) is 4.17. The van der Waals surface area contributed by atoms with Crippen LogP contribution in [0.15, 0.2) is 60.7 Å². The first-order chi connectivity index (χ1) is 13.5. The molecular weight excluding hydrogens is 357 g/mol. The standard InChI is InChI=1S/C25H23F3/c1-16-2-4-17(5-3-16)18-6-8-19(9-7-18)21-14-23(27)25(24(28)15-21)20-10-12-22(26)13-11-20/h6-17H,2-5H2,1H3. The average molecular weight is 380 g/mol. The zero-order valence-corrected chi connectivity index (χ0v) is 15.9. The van der Waals surface area contributed by atoms with Crippen molar-refractivity contribution in [1.82, 2.24) is 0 Å². The van der Waals surface area contributed by atoms with Crippen LogP contribution in [0.25, 0.3) is 22.3 Å². The highest BCUT2D eigenvalue weighted by Crippen LogP contribution is 2.37. The molecule has 28 heavy (non-hydrogen) atoms. The Labute approximate surface area is 164 Å². The van der Waals surface area contributed by atoms with Gasteiger partial charge in [0.15, 0.2) is 0 Å². The van der Waals surface area contributed by atoms with Gasteiger partial charge >= 0.3 is 0 Å². The summed E-state index contributed by atoms with van der Waals surface area (Å²) in [7, 11) is 0. The molecule has 3 aromatic rings. The number of hydrogen-bond donors (Lipinski definition) is 0. The number of hydrogen-bond acceptors (Lipinski definition) is 0. The van der Waals surface area contributed by atoms with Crippen LogP contribution in [0, 0.1) is 23.4 Å². The molecule has 0 nitrogen and oxygen atoms in total. The van der Waals surface area contributed by atoms with E-state index in [9.17, 15) is 13.2 Å². The van der Waals surface area contributed by atoms with Gasteiger partial charge in [0.2, 0.25) is 0 Å². The van der Waals surface area contributed by atoms with E-state index in [4.69, 9.17) is 0 Å². The number of benzene rings is 3. The third-order valence-electron chi connectivity index (χ3n) is 5.91. The van der Waals surface area contributed by atoms with E-state index in [0.717, 1.165) is 11.5 Å². The van der Waals surface area contributed by atoms with E-state index in [1.165, 1.54) is 67.6 Å². The summed E-state index contributed by atoms with van der Waals surface area (Å²) in [4.78, 5) is 0. The SMILES string of the molecule is CC1CCC(c2ccc(-c3cc(F)c(-c4ccc(F)cc4)c(F)c3)cc2)CC1. The molecule has 3 aromatic carbocycles. The van der Waals surface area contributed by atoms with Gasteiger partial charge in [-0.1, -0.05) is 56.2 Å². The second-order valence-corrected chi connectivity index (χ2v) is 7.90. The van der Waals surface area contributed by atoms with E-state index in [0.29, 0.717) is 17.0 Å². The van der Waals surface area contributed by atoms with Crippen LogP contribution in [0.3, 0.4) is 0 Å². The van der Waals surface area contributed by atoms with Crippen LogP contribution < -0.4 is 0 Å². The minimum Gasteiger partial charge on any atom is -0.207 e. The maximum atomic E-state index is 14.7. The van der Waals surface area contributed by atoms with Crippen LogP contribution in [0.5, 0.6) is 0 Å². The van der Waals surface area contributed by atoms with Crippen LogP contribution in [-0.4, -0.2) is 0 Å². The van der Waals surface area contributed by atoms with Crippen molar-refractivity contribution in [2.75, 3.05) is 0 Å². The molecule has 1 aliphatic carbocycles. The highest BCUT2D eigenvalue weighted by molar-refractivity contribution is 5.71. The van der Waals surface area contributed by atoms with E-state index in [1.54, 1.807) is 0 Å². The fraction of sp³-hybridized carbons (Fsp3) is 0.280. The van der Waals surface area contributed by atoms with Crippen LogP contribution in [0.1, 0.15) is 44.1 Å². The molecule has 0 spiro atoms. The smallest absolute Gasteiger partial charge is 0.134 e. The summed E-state index contributed by atoms with van der Waals surface area (Å²) >= 11 is 0. The molecule has 0 unspecified atom stereocenters. The summed E-state index contributed by atoms with van der Waals surface area (Å²) in [5.41, 5.74) is 2.79. The Morgan fingerprint density at radius 1 is 0.643 bits per heavy atom. The maximum absolute atomic E-state index is 14.7. The van der Waals surface area contributed by atoms with Crippen LogP contribution >= 0.6 is 0 Å². The quantitative estimate of drug-likeness (QED) is 0.436. The van der Waals surface area contributed by atoms with E-state index in [-0.39, 0.29) is 5.56 Å². The Kier molecular flexibility index (Phi) is 5.25. The van der Waals surface area contributed by atoms with Gasteiger partial charge in [-0.3, -0.25) is 0 Å². The number of halogens is 3. The molecule has 0 radical (unpaired) electrons. The minimum absolute atomic E-state index is 0.128. The molecule has 0 aliphatic heterocycles. The molecule has 144 valence electrons. The molecule has 0 amide bonds. The van der Waals surface area contributed by atoms with Crippen molar-refractivity contribution in [3.63, 3.8) is 0 Å². The van der Waals surface area contributed by atoms with Crippen LogP contribution in [0.4, 0.5) is 13.2 Å². The Morgan fingerprint density at radius 2 is 1.18 bits per heavy atom. The van der Waals surface area contributed by atoms with Crippen molar-refractivity contribution in [1.29, 1.82) is 0 Å². The zero-order chi connectivity index (χ0) is 19.7. The highest BCUT2D eigenvalue weighted by Gasteiger charge is 2.20. The third kappa shape index (κ3) is 3.84. The summed E-state index contributed by atoms with van der Waals surface area (Å²) in [6.45, 7) is 2.30. The second-order valence-electron chi connectivity index (χ2n) is 7.90. The van der Waals surface area contributed by atoms with Crippen molar-refractivity contribution in [3.05, 3.63) is 83.7 Å². The van der Waals surface area contributed by atoms with Gasteiger partial charge in [-0.25, -0.2) is 13.2 Å². The lowest BCUT2D eigenvalue weighted by atomic mass is 9.79. The van der Waals surface area contributed by atoms with Crippen LogP contribution in [0.2, 0.25) is 0 Å². The molecule has 1 fully saturated rings. The van der Waals surface area contributed by atoms with Gasteiger partial charge < -0.3 is 0 Å². The molecule has 0 saturated heterocycles. The van der Waals surface area contributed by atoms with Gasteiger partial charge in [-0.05, 0) is 71.2 Å². The normalized spacial score (nSPS) is 19.6. The molecule has 4 rings (SSSR count). The largest absolute Gasteiger partial charge is 0.207 e. The van der Waals surface area contributed by atoms with E-state index < -0.39 is 17.5 Å². The lowest BCUT2D eigenvalue weighted by molar-refractivity contribution is 0.348. The molecular formula is C25H23F3. The Hall–Kier alpha value is -2.55. The van der Waals surface area contributed by atoms with Gasteiger partial charge in [-0.15, -0.1) is 0 Å². The maximum Gasteiger partial charge on any atom is 0.134 e. The molecule has 0 aromatic heterocycles. The summed E-state index contributed by atoms with van der Waals surface area (Å²) in [5, 5.41) is 0. The monoisotopic (exact) mass is 380 g/mol. The van der Waals surface area contributed by atoms with Gasteiger partial charge in [0.05, 0.1) is 5.56 Å². The van der Waals surface area contributed by atoms with E-state index >= 15 is 0 Å².